The summed E-state index contributed by atoms with van der Waals surface area (Å²) in [5, 5.41) is 3.39. The summed E-state index contributed by atoms with van der Waals surface area (Å²) >= 11 is 0. The molecule has 0 amide bonds. The number of halogens is 1. The molecule has 0 aliphatic heterocycles. The smallest absolute Gasteiger partial charge is 0.194 e. The summed E-state index contributed by atoms with van der Waals surface area (Å²) in [5.41, 5.74) is 1.10. The SMILES string of the molecule is CCNC(=NCC(C)N(C)C1CC1)N(C)Cc1ccc(OC)cc1OC.I. The lowest BCUT2D eigenvalue weighted by atomic mass is 10.2. The number of aliphatic imine (C=N–C) groups is 1. The summed E-state index contributed by atoms with van der Waals surface area (Å²) < 4.78 is 10.8. The van der Waals surface area contributed by atoms with Gasteiger partial charge in [-0.25, -0.2) is 0 Å². The predicted octanol–water partition coefficient (Wildman–Crippen LogP) is 3.20. The Labute approximate surface area is 181 Å². The van der Waals surface area contributed by atoms with Crippen LogP contribution in [0.2, 0.25) is 0 Å². The van der Waals surface area contributed by atoms with Crippen molar-refractivity contribution >= 4 is 29.9 Å². The number of likely N-dealkylation sites (N-methyl/N-ethyl adjacent to an activating group) is 1. The molecule has 6 nitrogen and oxygen atoms in total. The molecule has 0 bridgehead atoms. The van der Waals surface area contributed by atoms with Crippen molar-refractivity contribution in [2.75, 3.05) is 41.4 Å². The van der Waals surface area contributed by atoms with E-state index in [-0.39, 0.29) is 24.0 Å². The van der Waals surface area contributed by atoms with Crippen LogP contribution in [-0.2, 0) is 6.54 Å². The monoisotopic (exact) mass is 490 g/mol. The Morgan fingerprint density at radius 1 is 1.26 bits per heavy atom. The highest BCUT2D eigenvalue weighted by molar-refractivity contribution is 14.0. The van der Waals surface area contributed by atoms with Crippen molar-refractivity contribution in [3.63, 3.8) is 0 Å². The van der Waals surface area contributed by atoms with E-state index in [4.69, 9.17) is 14.5 Å². The van der Waals surface area contributed by atoms with Crippen molar-refractivity contribution in [3.05, 3.63) is 23.8 Å². The van der Waals surface area contributed by atoms with Crippen LogP contribution in [0.15, 0.2) is 23.2 Å². The number of ether oxygens (including phenoxy) is 2. The van der Waals surface area contributed by atoms with Crippen molar-refractivity contribution in [2.45, 2.75) is 45.3 Å². The molecule has 154 valence electrons. The molecule has 1 aliphatic rings. The Kier molecular flexibility index (Phi) is 10.2. The second kappa shape index (κ2) is 11.6. The lowest BCUT2D eigenvalue weighted by Crippen LogP contribution is -2.40. The number of hydrogen-bond donors (Lipinski definition) is 1. The first-order chi connectivity index (χ1) is 12.5. The van der Waals surface area contributed by atoms with Crippen LogP contribution in [0, 0.1) is 0 Å². The Balaban J connectivity index is 0.00000364. The zero-order chi connectivity index (χ0) is 19.1. The third kappa shape index (κ3) is 7.03. The number of nitrogens with one attached hydrogen (secondary N) is 1. The summed E-state index contributed by atoms with van der Waals surface area (Å²) in [6.07, 6.45) is 2.64. The lowest BCUT2D eigenvalue weighted by Gasteiger charge is -2.26. The van der Waals surface area contributed by atoms with Crippen molar-refractivity contribution < 1.29 is 9.47 Å². The van der Waals surface area contributed by atoms with E-state index in [9.17, 15) is 0 Å². The Hall–Kier alpha value is -1.22. The molecule has 2 rings (SSSR count). The van der Waals surface area contributed by atoms with Gasteiger partial charge in [0.2, 0.25) is 0 Å². The number of rotatable bonds is 9. The molecular weight excluding hydrogens is 455 g/mol. The van der Waals surface area contributed by atoms with E-state index in [1.165, 1.54) is 12.8 Å². The minimum Gasteiger partial charge on any atom is -0.497 e. The van der Waals surface area contributed by atoms with E-state index in [1.54, 1.807) is 14.2 Å². The predicted molar refractivity (Wildman–Crippen MR) is 123 cm³/mol. The van der Waals surface area contributed by atoms with Gasteiger partial charge in [0.05, 0.1) is 20.8 Å². The van der Waals surface area contributed by atoms with Crippen LogP contribution in [-0.4, -0.2) is 69.2 Å². The number of guanidine groups is 1. The minimum absolute atomic E-state index is 0. The molecule has 0 heterocycles. The van der Waals surface area contributed by atoms with E-state index in [1.807, 2.05) is 18.2 Å². The number of nitrogens with zero attached hydrogens (tertiary/aromatic N) is 3. The van der Waals surface area contributed by atoms with E-state index in [2.05, 4.69) is 43.1 Å². The van der Waals surface area contributed by atoms with Gasteiger partial charge in [-0.05, 0) is 45.9 Å². The van der Waals surface area contributed by atoms with Gasteiger partial charge in [0.25, 0.3) is 0 Å². The Morgan fingerprint density at radius 3 is 2.52 bits per heavy atom. The Bertz CT molecular complexity index is 608. The fourth-order valence-corrected chi connectivity index (χ4v) is 2.97. The highest BCUT2D eigenvalue weighted by Crippen LogP contribution is 2.27. The first-order valence-electron chi connectivity index (χ1n) is 9.42. The first kappa shape index (κ1) is 23.8. The van der Waals surface area contributed by atoms with Crippen LogP contribution >= 0.6 is 24.0 Å². The van der Waals surface area contributed by atoms with Gasteiger partial charge in [0.1, 0.15) is 11.5 Å². The zero-order valence-electron chi connectivity index (χ0n) is 17.5. The van der Waals surface area contributed by atoms with Crippen LogP contribution < -0.4 is 14.8 Å². The maximum absolute atomic E-state index is 5.52. The van der Waals surface area contributed by atoms with Gasteiger partial charge in [0.15, 0.2) is 5.96 Å². The van der Waals surface area contributed by atoms with Crippen LogP contribution in [0.4, 0.5) is 0 Å². The molecule has 1 N–H and O–H groups in total. The maximum atomic E-state index is 5.52. The standard InChI is InChI=1S/C20H34N4O2.HI/c1-7-21-20(22-13-15(2)24(4)17-9-10-17)23(3)14-16-8-11-18(25-5)12-19(16)26-6;/h8,11-12,15,17H,7,9-10,13-14H2,1-6H3,(H,21,22);1H. The van der Waals surface area contributed by atoms with Crippen molar-refractivity contribution in [1.82, 2.24) is 15.1 Å². The Morgan fingerprint density at radius 2 is 1.96 bits per heavy atom. The van der Waals surface area contributed by atoms with Crippen molar-refractivity contribution in [1.29, 1.82) is 0 Å². The molecule has 1 aliphatic carbocycles. The largest absolute Gasteiger partial charge is 0.497 e. The summed E-state index contributed by atoms with van der Waals surface area (Å²) in [4.78, 5) is 9.43. The molecular formula is C20H35IN4O2. The molecule has 0 saturated heterocycles. The summed E-state index contributed by atoms with van der Waals surface area (Å²) in [6.45, 7) is 6.69. The molecule has 1 atom stereocenters. The fraction of sp³-hybridized carbons (Fsp3) is 0.650. The van der Waals surface area contributed by atoms with Crippen LogP contribution in [0.25, 0.3) is 0 Å². The third-order valence-electron chi connectivity index (χ3n) is 4.92. The molecule has 7 heteroatoms. The maximum Gasteiger partial charge on any atom is 0.194 e. The average Bonchev–Trinajstić information content (AvgIpc) is 3.49. The molecule has 27 heavy (non-hydrogen) atoms. The van der Waals surface area contributed by atoms with Gasteiger partial charge in [-0.2, -0.15) is 0 Å². The topological polar surface area (TPSA) is 49.3 Å². The number of hydrogen-bond acceptors (Lipinski definition) is 4. The minimum atomic E-state index is 0. The molecule has 1 aromatic rings. The van der Waals surface area contributed by atoms with Gasteiger partial charge in [-0.1, -0.05) is 0 Å². The number of benzene rings is 1. The fourth-order valence-electron chi connectivity index (χ4n) is 2.97. The van der Waals surface area contributed by atoms with Gasteiger partial charge < -0.3 is 19.7 Å². The summed E-state index contributed by atoms with van der Waals surface area (Å²) in [7, 11) is 7.61. The first-order valence-corrected chi connectivity index (χ1v) is 9.42. The highest BCUT2D eigenvalue weighted by atomic mass is 127. The van der Waals surface area contributed by atoms with Crippen LogP contribution in [0.3, 0.4) is 0 Å². The molecule has 1 saturated carbocycles. The van der Waals surface area contributed by atoms with E-state index < -0.39 is 0 Å². The average molecular weight is 490 g/mol. The normalized spacial score (nSPS) is 15.1. The summed E-state index contributed by atoms with van der Waals surface area (Å²) in [6, 6.07) is 7.12. The molecule has 1 unspecified atom stereocenters. The van der Waals surface area contributed by atoms with Crippen molar-refractivity contribution in [3.8, 4) is 11.5 Å². The zero-order valence-corrected chi connectivity index (χ0v) is 19.8. The molecule has 0 aromatic heterocycles. The molecule has 1 fully saturated rings. The molecule has 0 spiro atoms. The van der Waals surface area contributed by atoms with Gasteiger partial charge in [-0.3, -0.25) is 9.89 Å². The summed E-state index contributed by atoms with van der Waals surface area (Å²) in [5.74, 6) is 2.54. The van der Waals surface area contributed by atoms with E-state index >= 15 is 0 Å². The molecule has 0 radical (unpaired) electrons. The van der Waals surface area contributed by atoms with Crippen molar-refractivity contribution in [2.24, 2.45) is 4.99 Å². The van der Waals surface area contributed by atoms with Crippen LogP contribution in [0.5, 0.6) is 11.5 Å². The second-order valence-electron chi connectivity index (χ2n) is 6.97. The van der Waals surface area contributed by atoms with E-state index in [0.717, 1.165) is 42.2 Å². The molecule has 1 aromatic carbocycles. The second-order valence-corrected chi connectivity index (χ2v) is 6.97. The van der Waals surface area contributed by atoms with E-state index in [0.29, 0.717) is 12.6 Å². The van der Waals surface area contributed by atoms with Gasteiger partial charge >= 0.3 is 0 Å². The lowest BCUT2D eigenvalue weighted by molar-refractivity contribution is 0.252. The van der Waals surface area contributed by atoms with Gasteiger partial charge in [-0.15, -0.1) is 24.0 Å². The third-order valence-corrected chi connectivity index (χ3v) is 4.92. The van der Waals surface area contributed by atoms with Crippen LogP contribution in [0.1, 0.15) is 32.3 Å². The highest BCUT2D eigenvalue weighted by Gasteiger charge is 2.29. The quantitative estimate of drug-likeness (QED) is 0.328. The van der Waals surface area contributed by atoms with Gasteiger partial charge in [0, 0.05) is 43.9 Å². The number of methoxy groups -OCH3 is 2.